The molecule has 1 fully saturated rings. The summed E-state index contributed by atoms with van der Waals surface area (Å²) in [7, 11) is 3.26. The Kier molecular flexibility index (Phi) is 4.65. The van der Waals surface area contributed by atoms with Gasteiger partial charge >= 0.3 is 0 Å². The molecule has 0 radical (unpaired) electrons. The fourth-order valence-electron chi connectivity index (χ4n) is 1.64. The van der Waals surface area contributed by atoms with Gasteiger partial charge in [0, 0.05) is 39.6 Å². The highest BCUT2D eigenvalue weighted by Crippen LogP contribution is 2.16. The summed E-state index contributed by atoms with van der Waals surface area (Å²) in [6.45, 7) is 1.20. The maximum Gasteiger partial charge on any atom is 0.223 e. The van der Waals surface area contributed by atoms with Crippen LogP contribution in [0.25, 0.3) is 0 Å². The Labute approximate surface area is 89.1 Å². The number of carbonyl (C=O) groups excluding carboxylic acids is 1. The van der Waals surface area contributed by atoms with Crippen molar-refractivity contribution in [2.75, 3.05) is 33.2 Å². The van der Waals surface area contributed by atoms with Crippen molar-refractivity contribution >= 4 is 17.5 Å². The standard InChI is InChI=1S/C9H16ClNO3/c1-13-7-5-11(6-8(7)14-2)9(12)3-4-10/h7-8H,3-6H2,1-2H3. The van der Waals surface area contributed by atoms with E-state index in [-0.39, 0.29) is 18.1 Å². The van der Waals surface area contributed by atoms with E-state index in [1.54, 1.807) is 19.1 Å². The van der Waals surface area contributed by atoms with Crippen molar-refractivity contribution in [3.8, 4) is 0 Å². The molecule has 0 aliphatic carbocycles. The SMILES string of the molecule is COC1CN(C(=O)CCCl)CC1OC. The third kappa shape index (κ3) is 2.59. The number of hydrogen-bond donors (Lipinski definition) is 0. The summed E-state index contributed by atoms with van der Waals surface area (Å²) in [5, 5.41) is 0. The molecule has 1 aliphatic rings. The Balaban J connectivity index is 2.48. The number of halogens is 1. The first-order valence-electron chi connectivity index (χ1n) is 4.62. The Hall–Kier alpha value is -0.320. The average Bonchev–Trinajstić information content (AvgIpc) is 2.61. The highest BCUT2D eigenvalue weighted by atomic mass is 35.5. The van der Waals surface area contributed by atoms with E-state index in [2.05, 4.69) is 0 Å². The van der Waals surface area contributed by atoms with Crippen LogP contribution in [0.4, 0.5) is 0 Å². The Morgan fingerprint density at radius 2 is 1.86 bits per heavy atom. The van der Waals surface area contributed by atoms with Crippen LogP contribution in [0.5, 0.6) is 0 Å². The molecule has 0 aromatic heterocycles. The molecule has 2 unspecified atom stereocenters. The number of methoxy groups -OCH3 is 2. The Morgan fingerprint density at radius 3 is 2.21 bits per heavy atom. The lowest BCUT2D eigenvalue weighted by Gasteiger charge is -2.14. The third-order valence-corrected chi connectivity index (χ3v) is 2.67. The Morgan fingerprint density at radius 1 is 1.36 bits per heavy atom. The molecule has 14 heavy (non-hydrogen) atoms. The molecule has 1 heterocycles. The third-order valence-electron chi connectivity index (χ3n) is 2.48. The van der Waals surface area contributed by atoms with Gasteiger partial charge in [0.2, 0.25) is 5.91 Å². The van der Waals surface area contributed by atoms with Crippen LogP contribution in [0.2, 0.25) is 0 Å². The summed E-state index contributed by atoms with van der Waals surface area (Å²) in [6.07, 6.45) is 0.354. The number of likely N-dealkylation sites (tertiary alicyclic amines) is 1. The van der Waals surface area contributed by atoms with Gasteiger partial charge in [0.05, 0.1) is 0 Å². The van der Waals surface area contributed by atoms with Crippen molar-refractivity contribution in [3.05, 3.63) is 0 Å². The van der Waals surface area contributed by atoms with Crippen LogP contribution in [0.15, 0.2) is 0 Å². The van der Waals surface area contributed by atoms with E-state index in [1.807, 2.05) is 0 Å². The van der Waals surface area contributed by atoms with E-state index in [4.69, 9.17) is 21.1 Å². The first kappa shape index (κ1) is 11.8. The van der Waals surface area contributed by atoms with Gasteiger partial charge in [-0.15, -0.1) is 11.6 Å². The minimum atomic E-state index is -0.0146. The topological polar surface area (TPSA) is 38.8 Å². The van der Waals surface area contributed by atoms with Crippen LogP contribution >= 0.6 is 11.6 Å². The normalized spacial score (nSPS) is 26.9. The first-order chi connectivity index (χ1) is 6.72. The number of alkyl halides is 1. The molecule has 0 aromatic carbocycles. The van der Waals surface area contributed by atoms with E-state index >= 15 is 0 Å². The maximum absolute atomic E-state index is 11.5. The van der Waals surface area contributed by atoms with Crippen molar-refractivity contribution < 1.29 is 14.3 Å². The Bertz CT molecular complexity index is 188. The summed E-state index contributed by atoms with van der Waals surface area (Å²) in [5.41, 5.74) is 0. The first-order valence-corrected chi connectivity index (χ1v) is 5.15. The van der Waals surface area contributed by atoms with Crippen LogP contribution in [-0.4, -0.2) is 56.2 Å². The molecule has 2 atom stereocenters. The predicted molar refractivity (Wildman–Crippen MR) is 53.5 cm³/mol. The van der Waals surface area contributed by atoms with Gasteiger partial charge in [-0.05, 0) is 0 Å². The molecule has 1 rings (SSSR count). The minimum Gasteiger partial charge on any atom is -0.377 e. The van der Waals surface area contributed by atoms with Crippen LogP contribution < -0.4 is 0 Å². The molecule has 0 spiro atoms. The van der Waals surface area contributed by atoms with Gasteiger partial charge in [0.15, 0.2) is 0 Å². The lowest BCUT2D eigenvalue weighted by atomic mass is 10.3. The second-order valence-corrected chi connectivity index (χ2v) is 3.66. The van der Waals surface area contributed by atoms with Crippen LogP contribution in [0.1, 0.15) is 6.42 Å². The lowest BCUT2D eigenvalue weighted by Crippen LogP contribution is -2.30. The number of ether oxygens (including phenoxy) is 2. The van der Waals surface area contributed by atoms with E-state index in [0.717, 1.165) is 0 Å². The predicted octanol–water partition coefficient (Wildman–Crippen LogP) is 0.487. The van der Waals surface area contributed by atoms with E-state index in [0.29, 0.717) is 25.4 Å². The maximum atomic E-state index is 11.5. The van der Waals surface area contributed by atoms with Crippen LogP contribution in [-0.2, 0) is 14.3 Å². The van der Waals surface area contributed by atoms with Crippen molar-refractivity contribution in [2.45, 2.75) is 18.6 Å². The fraction of sp³-hybridized carbons (Fsp3) is 0.889. The fourth-order valence-corrected chi connectivity index (χ4v) is 1.80. The quantitative estimate of drug-likeness (QED) is 0.649. The number of hydrogen-bond acceptors (Lipinski definition) is 3. The molecular formula is C9H16ClNO3. The van der Waals surface area contributed by atoms with E-state index in [1.165, 1.54) is 0 Å². The van der Waals surface area contributed by atoms with Gasteiger partial charge in [0.25, 0.3) is 0 Å². The second-order valence-electron chi connectivity index (χ2n) is 3.29. The average molecular weight is 222 g/mol. The van der Waals surface area contributed by atoms with Gasteiger partial charge < -0.3 is 14.4 Å². The van der Waals surface area contributed by atoms with Gasteiger partial charge in [-0.2, -0.15) is 0 Å². The summed E-state index contributed by atoms with van der Waals surface area (Å²) in [4.78, 5) is 13.2. The molecule has 0 aromatic rings. The largest absolute Gasteiger partial charge is 0.377 e. The second kappa shape index (κ2) is 5.53. The summed E-state index contributed by atoms with van der Waals surface area (Å²) < 4.78 is 10.4. The van der Waals surface area contributed by atoms with Crippen LogP contribution in [0.3, 0.4) is 0 Å². The molecule has 5 heteroatoms. The van der Waals surface area contributed by atoms with Gasteiger partial charge in [-0.25, -0.2) is 0 Å². The summed E-state index contributed by atoms with van der Waals surface area (Å²) >= 11 is 5.51. The molecule has 4 nitrogen and oxygen atoms in total. The van der Waals surface area contributed by atoms with Crippen LogP contribution in [0, 0.1) is 0 Å². The van der Waals surface area contributed by atoms with E-state index in [9.17, 15) is 4.79 Å². The molecule has 0 N–H and O–H groups in total. The number of carbonyl (C=O) groups is 1. The molecule has 82 valence electrons. The zero-order chi connectivity index (χ0) is 10.6. The highest BCUT2D eigenvalue weighted by molar-refractivity contribution is 6.18. The lowest BCUT2D eigenvalue weighted by molar-refractivity contribution is -0.130. The number of amides is 1. The van der Waals surface area contributed by atoms with E-state index < -0.39 is 0 Å². The van der Waals surface area contributed by atoms with Crippen molar-refractivity contribution in [1.29, 1.82) is 0 Å². The molecule has 1 amide bonds. The molecule has 1 aliphatic heterocycles. The smallest absolute Gasteiger partial charge is 0.223 e. The van der Waals surface area contributed by atoms with Crippen molar-refractivity contribution in [1.82, 2.24) is 4.90 Å². The van der Waals surface area contributed by atoms with Gasteiger partial charge in [0.1, 0.15) is 12.2 Å². The summed E-state index contributed by atoms with van der Waals surface area (Å²) in [5.74, 6) is 0.437. The number of nitrogens with zero attached hydrogens (tertiary/aromatic N) is 1. The van der Waals surface area contributed by atoms with Gasteiger partial charge in [-0.1, -0.05) is 0 Å². The monoisotopic (exact) mass is 221 g/mol. The summed E-state index contributed by atoms with van der Waals surface area (Å²) in [6, 6.07) is 0. The molecule has 0 saturated carbocycles. The molecule has 1 saturated heterocycles. The number of rotatable bonds is 4. The zero-order valence-corrected chi connectivity index (χ0v) is 9.29. The molecule has 0 bridgehead atoms. The highest BCUT2D eigenvalue weighted by Gasteiger charge is 2.34. The van der Waals surface area contributed by atoms with Gasteiger partial charge in [-0.3, -0.25) is 4.79 Å². The van der Waals surface area contributed by atoms with Crippen molar-refractivity contribution in [2.24, 2.45) is 0 Å². The molecular weight excluding hydrogens is 206 g/mol. The van der Waals surface area contributed by atoms with Crippen molar-refractivity contribution in [3.63, 3.8) is 0 Å². The zero-order valence-electron chi connectivity index (χ0n) is 8.53. The minimum absolute atomic E-state index is 0.0146.